The molecule has 0 amide bonds. The lowest BCUT2D eigenvalue weighted by Gasteiger charge is -2.29. The van der Waals surface area contributed by atoms with Crippen molar-refractivity contribution in [3.8, 4) is 0 Å². The van der Waals surface area contributed by atoms with Crippen LogP contribution in [0, 0.1) is 0 Å². The Morgan fingerprint density at radius 1 is 1.35 bits per heavy atom. The zero-order chi connectivity index (χ0) is 15.8. The smallest absolute Gasteiger partial charge is 0.333 e. The highest BCUT2D eigenvalue weighted by Gasteiger charge is 2.19. The first-order chi connectivity index (χ1) is 9.21. The Morgan fingerprint density at radius 3 is 2.30 bits per heavy atom. The van der Waals surface area contributed by atoms with E-state index in [0.717, 1.165) is 13.1 Å². The van der Waals surface area contributed by atoms with Crippen molar-refractivity contribution in [2.24, 2.45) is 0 Å². The van der Waals surface area contributed by atoms with Crippen LogP contribution in [-0.4, -0.2) is 55.3 Å². The van der Waals surface area contributed by atoms with Crippen LogP contribution in [0.4, 0.5) is 0 Å². The minimum Gasteiger partial charge on any atom is -0.461 e. The van der Waals surface area contributed by atoms with Crippen LogP contribution >= 0.6 is 0 Å². The fourth-order valence-corrected chi connectivity index (χ4v) is 2.44. The molecule has 7 heteroatoms. The Labute approximate surface area is 121 Å². The first kappa shape index (κ1) is 19.1. The van der Waals surface area contributed by atoms with Crippen LogP contribution in [0.5, 0.6) is 0 Å². The van der Waals surface area contributed by atoms with Crippen molar-refractivity contribution in [1.82, 2.24) is 4.90 Å². The predicted octanol–water partition coefficient (Wildman–Crippen LogP) is 1.48. The number of nitrogens with zero attached hydrogens (tertiary/aromatic N) is 1. The zero-order valence-electron chi connectivity index (χ0n) is 12.5. The predicted molar refractivity (Wildman–Crippen MR) is 78.1 cm³/mol. The van der Waals surface area contributed by atoms with E-state index in [9.17, 15) is 13.2 Å². The summed E-state index contributed by atoms with van der Waals surface area (Å²) in [6, 6.07) is -0.0601. The van der Waals surface area contributed by atoms with Crippen molar-refractivity contribution in [2.45, 2.75) is 39.7 Å². The van der Waals surface area contributed by atoms with Gasteiger partial charge >= 0.3 is 5.97 Å². The van der Waals surface area contributed by atoms with Crippen LogP contribution in [0.2, 0.25) is 0 Å². The first-order valence-corrected chi connectivity index (χ1v) is 8.34. The Bertz CT molecular complexity index is 414. The van der Waals surface area contributed by atoms with Crippen molar-refractivity contribution in [1.29, 1.82) is 0 Å². The van der Waals surface area contributed by atoms with Gasteiger partial charge in [0.05, 0.1) is 5.75 Å². The van der Waals surface area contributed by atoms with Gasteiger partial charge < -0.3 is 4.74 Å². The van der Waals surface area contributed by atoms with Crippen molar-refractivity contribution in [3.05, 3.63) is 12.2 Å². The number of carbonyl (C=O) groups excluding carboxylic acids is 1. The molecule has 1 atom stereocenters. The van der Waals surface area contributed by atoms with Crippen LogP contribution in [-0.2, 0) is 19.6 Å². The van der Waals surface area contributed by atoms with Crippen LogP contribution in [0.3, 0.4) is 0 Å². The summed E-state index contributed by atoms with van der Waals surface area (Å²) in [6.45, 7) is 10.8. The van der Waals surface area contributed by atoms with Gasteiger partial charge in [-0.15, -0.1) is 0 Å². The number of ether oxygens (including phenoxy) is 1. The molecule has 0 aromatic rings. The van der Waals surface area contributed by atoms with E-state index in [1.807, 2.05) is 13.8 Å². The molecule has 1 N–H and O–H groups in total. The van der Waals surface area contributed by atoms with Gasteiger partial charge in [0.25, 0.3) is 10.1 Å². The molecule has 0 aliphatic carbocycles. The van der Waals surface area contributed by atoms with E-state index in [2.05, 4.69) is 11.5 Å². The number of hydrogen-bond acceptors (Lipinski definition) is 5. The number of likely N-dealkylation sites (N-methyl/N-ethyl adjacent to an activating group) is 1. The van der Waals surface area contributed by atoms with Crippen LogP contribution < -0.4 is 0 Å². The SMILES string of the molecule is C=C(C)C(=O)OCC(CCCS(=O)(=O)O)N(CC)CC. The molecular formula is C13H25NO5S. The molecule has 0 aromatic heterocycles. The molecule has 0 saturated carbocycles. The molecule has 0 rings (SSSR count). The summed E-state index contributed by atoms with van der Waals surface area (Å²) in [7, 11) is -3.94. The third-order valence-electron chi connectivity index (χ3n) is 3.02. The molecule has 0 aromatic carbocycles. The van der Waals surface area contributed by atoms with Gasteiger partial charge in [0.1, 0.15) is 6.61 Å². The lowest BCUT2D eigenvalue weighted by Crippen LogP contribution is -2.39. The van der Waals surface area contributed by atoms with Gasteiger partial charge in [-0.2, -0.15) is 8.42 Å². The van der Waals surface area contributed by atoms with Gasteiger partial charge in [-0.05, 0) is 32.9 Å². The van der Waals surface area contributed by atoms with Gasteiger partial charge in [-0.1, -0.05) is 20.4 Å². The number of rotatable bonds is 10. The van der Waals surface area contributed by atoms with Gasteiger partial charge in [-0.25, -0.2) is 4.79 Å². The van der Waals surface area contributed by atoms with Crippen LogP contribution in [0.1, 0.15) is 33.6 Å². The summed E-state index contributed by atoms with van der Waals surface area (Å²) in [6.07, 6.45) is 0.857. The van der Waals surface area contributed by atoms with E-state index in [1.165, 1.54) is 0 Å². The lowest BCUT2D eigenvalue weighted by atomic mass is 10.1. The molecule has 0 spiro atoms. The van der Waals surface area contributed by atoms with Gasteiger partial charge in [0.2, 0.25) is 0 Å². The number of hydrogen-bond donors (Lipinski definition) is 1. The third-order valence-corrected chi connectivity index (χ3v) is 3.83. The Morgan fingerprint density at radius 2 is 1.90 bits per heavy atom. The maximum atomic E-state index is 11.4. The largest absolute Gasteiger partial charge is 0.461 e. The summed E-state index contributed by atoms with van der Waals surface area (Å²) in [5.74, 6) is -0.726. The second-order valence-corrected chi connectivity index (χ2v) is 6.25. The zero-order valence-corrected chi connectivity index (χ0v) is 13.3. The molecule has 118 valence electrons. The first-order valence-electron chi connectivity index (χ1n) is 6.73. The summed E-state index contributed by atoms with van der Waals surface area (Å²) < 4.78 is 35.3. The van der Waals surface area contributed by atoms with Gasteiger partial charge in [-0.3, -0.25) is 9.45 Å². The van der Waals surface area contributed by atoms with E-state index >= 15 is 0 Å². The average Bonchev–Trinajstić information content (AvgIpc) is 2.34. The molecule has 0 saturated heterocycles. The highest BCUT2D eigenvalue weighted by Crippen LogP contribution is 2.10. The van der Waals surface area contributed by atoms with Crippen molar-refractivity contribution < 1.29 is 22.5 Å². The molecule has 1 unspecified atom stereocenters. The summed E-state index contributed by atoms with van der Waals surface area (Å²) in [4.78, 5) is 13.5. The molecule has 0 radical (unpaired) electrons. The Balaban J connectivity index is 4.49. The molecule has 0 aliphatic rings. The van der Waals surface area contributed by atoms with Crippen molar-refractivity contribution in [3.63, 3.8) is 0 Å². The van der Waals surface area contributed by atoms with E-state index in [-0.39, 0.29) is 18.4 Å². The molecule has 20 heavy (non-hydrogen) atoms. The monoisotopic (exact) mass is 307 g/mol. The quantitative estimate of drug-likeness (QED) is 0.374. The molecule has 0 fully saturated rings. The average molecular weight is 307 g/mol. The third kappa shape index (κ3) is 8.29. The minimum absolute atomic E-state index is 0.0601. The topological polar surface area (TPSA) is 83.9 Å². The van der Waals surface area contributed by atoms with Gasteiger partial charge in [0.15, 0.2) is 0 Å². The van der Waals surface area contributed by atoms with E-state index in [4.69, 9.17) is 9.29 Å². The maximum absolute atomic E-state index is 11.4. The summed E-state index contributed by atoms with van der Waals surface area (Å²) in [5, 5.41) is 0. The fraction of sp³-hybridized carbons (Fsp3) is 0.769. The molecular weight excluding hydrogens is 282 g/mol. The van der Waals surface area contributed by atoms with E-state index in [1.54, 1.807) is 6.92 Å². The normalized spacial score (nSPS) is 13.2. The highest BCUT2D eigenvalue weighted by molar-refractivity contribution is 7.85. The fourth-order valence-electron chi connectivity index (χ4n) is 1.91. The molecule has 0 heterocycles. The Kier molecular flexibility index (Phi) is 8.68. The number of carbonyl (C=O) groups is 1. The molecule has 0 bridgehead atoms. The number of esters is 1. The summed E-state index contributed by atoms with van der Waals surface area (Å²) >= 11 is 0. The van der Waals surface area contributed by atoms with Crippen molar-refractivity contribution >= 4 is 16.1 Å². The van der Waals surface area contributed by atoms with Gasteiger partial charge in [0, 0.05) is 11.6 Å². The standard InChI is InChI=1S/C13H25NO5S/c1-5-14(6-2)12(8-7-9-20(16,17)18)10-19-13(15)11(3)4/h12H,3,5-10H2,1-2,4H3,(H,16,17,18). The maximum Gasteiger partial charge on any atom is 0.333 e. The second-order valence-electron chi connectivity index (χ2n) is 4.68. The lowest BCUT2D eigenvalue weighted by molar-refractivity contribution is -0.140. The van der Waals surface area contributed by atoms with E-state index < -0.39 is 16.1 Å². The van der Waals surface area contributed by atoms with Crippen molar-refractivity contribution in [2.75, 3.05) is 25.4 Å². The second kappa shape index (κ2) is 9.10. The molecule has 6 nitrogen and oxygen atoms in total. The molecule has 0 aliphatic heterocycles. The minimum atomic E-state index is -3.94. The highest BCUT2D eigenvalue weighted by atomic mass is 32.2. The van der Waals surface area contributed by atoms with E-state index in [0.29, 0.717) is 18.4 Å². The van der Waals surface area contributed by atoms with Crippen LogP contribution in [0.15, 0.2) is 12.2 Å². The van der Waals surface area contributed by atoms with Crippen LogP contribution in [0.25, 0.3) is 0 Å². The summed E-state index contributed by atoms with van der Waals surface area (Å²) in [5.41, 5.74) is 0.334. The Hall–Kier alpha value is -0.920.